The Kier molecular flexibility index (Phi) is 5.23. The fourth-order valence-corrected chi connectivity index (χ4v) is 3.15. The summed E-state index contributed by atoms with van der Waals surface area (Å²) in [6, 6.07) is 10.4. The Hall–Kier alpha value is -0.850. The van der Waals surface area contributed by atoms with Gasteiger partial charge in [-0.15, -0.1) is 0 Å². The smallest absolute Gasteiger partial charge is 0.137 e. The van der Waals surface area contributed by atoms with E-state index in [4.69, 9.17) is 16.3 Å². The van der Waals surface area contributed by atoms with Crippen LogP contribution in [0.1, 0.15) is 17.2 Å². The highest BCUT2D eigenvalue weighted by Gasteiger charge is 2.16. The third kappa shape index (κ3) is 3.24. The first-order chi connectivity index (χ1) is 9.56. The molecule has 2 nitrogen and oxygen atoms in total. The van der Waals surface area contributed by atoms with E-state index in [2.05, 4.69) is 27.9 Å². The largest absolute Gasteiger partial charge is 0.495 e. The average molecular weight is 406 g/mol. The van der Waals surface area contributed by atoms with Gasteiger partial charge < -0.3 is 10.1 Å². The van der Waals surface area contributed by atoms with Crippen LogP contribution in [0.5, 0.6) is 5.75 Å². The Labute approximate surface area is 136 Å². The van der Waals surface area contributed by atoms with Gasteiger partial charge in [-0.3, -0.25) is 0 Å². The molecule has 0 aromatic heterocycles. The predicted molar refractivity (Wildman–Crippen MR) is 88.0 cm³/mol. The zero-order chi connectivity index (χ0) is 14.7. The molecule has 2 aromatic rings. The lowest BCUT2D eigenvalue weighted by Gasteiger charge is -2.19. The van der Waals surface area contributed by atoms with Gasteiger partial charge >= 0.3 is 0 Å². The van der Waals surface area contributed by atoms with Crippen molar-refractivity contribution >= 4 is 34.2 Å². The molecular formula is C15H14ClFINO. The van der Waals surface area contributed by atoms with Crippen molar-refractivity contribution in [2.24, 2.45) is 0 Å². The highest BCUT2D eigenvalue weighted by Crippen LogP contribution is 2.32. The second kappa shape index (κ2) is 6.74. The van der Waals surface area contributed by atoms with Crippen LogP contribution in [-0.2, 0) is 0 Å². The van der Waals surface area contributed by atoms with E-state index >= 15 is 0 Å². The van der Waals surface area contributed by atoms with Crippen molar-refractivity contribution in [3.05, 3.63) is 61.9 Å². The molecule has 0 aliphatic heterocycles. The van der Waals surface area contributed by atoms with E-state index < -0.39 is 0 Å². The summed E-state index contributed by atoms with van der Waals surface area (Å²) >= 11 is 8.30. The lowest BCUT2D eigenvalue weighted by atomic mass is 9.99. The molecule has 0 saturated heterocycles. The molecule has 0 amide bonds. The van der Waals surface area contributed by atoms with E-state index in [-0.39, 0.29) is 11.9 Å². The first-order valence-corrected chi connectivity index (χ1v) is 7.48. The second-order valence-electron chi connectivity index (χ2n) is 4.28. The maximum absolute atomic E-state index is 13.2. The highest BCUT2D eigenvalue weighted by atomic mass is 127. The first-order valence-electron chi connectivity index (χ1n) is 6.02. The van der Waals surface area contributed by atoms with Crippen LogP contribution in [0.4, 0.5) is 4.39 Å². The van der Waals surface area contributed by atoms with Crippen LogP contribution in [0.3, 0.4) is 0 Å². The molecule has 0 fully saturated rings. The highest BCUT2D eigenvalue weighted by molar-refractivity contribution is 14.1. The molecule has 1 N–H and O–H groups in total. The zero-order valence-electron chi connectivity index (χ0n) is 11.1. The summed E-state index contributed by atoms with van der Waals surface area (Å²) < 4.78 is 19.2. The Bertz CT molecular complexity index is 621. The van der Waals surface area contributed by atoms with Crippen molar-refractivity contribution < 1.29 is 9.13 Å². The molecule has 0 heterocycles. The average Bonchev–Trinajstić information content (AvgIpc) is 2.42. The number of hydrogen-bond acceptors (Lipinski definition) is 2. The van der Waals surface area contributed by atoms with Gasteiger partial charge in [-0.1, -0.05) is 23.7 Å². The van der Waals surface area contributed by atoms with Gasteiger partial charge in [0.05, 0.1) is 18.2 Å². The Morgan fingerprint density at radius 3 is 2.55 bits per heavy atom. The summed E-state index contributed by atoms with van der Waals surface area (Å²) in [5.74, 6) is 0.403. The van der Waals surface area contributed by atoms with Crippen molar-refractivity contribution in [2.75, 3.05) is 14.2 Å². The molecule has 2 aromatic carbocycles. The Balaban J connectivity index is 2.44. The molecule has 2 rings (SSSR count). The zero-order valence-corrected chi connectivity index (χ0v) is 14.0. The van der Waals surface area contributed by atoms with E-state index in [9.17, 15) is 4.39 Å². The lowest BCUT2D eigenvalue weighted by Crippen LogP contribution is -2.18. The molecule has 0 bridgehead atoms. The van der Waals surface area contributed by atoms with E-state index in [0.717, 1.165) is 14.7 Å². The topological polar surface area (TPSA) is 21.3 Å². The summed E-state index contributed by atoms with van der Waals surface area (Å²) in [4.78, 5) is 0. The van der Waals surface area contributed by atoms with E-state index in [1.807, 2.05) is 25.2 Å². The molecular weight excluding hydrogens is 392 g/mol. The van der Waals surface area contributed by atoms with Gasteiger partial charge in [0, 0.05) is 3.57 Å². The molecule has 106 valence electrons. The summed E-state index contributed by atoms with van der Waals surface area (Å²) in [5, 5.41) is 3.79. The van der Waals surface area contributed by atoms with E-state index in [1.54, 1.807) is 13.2 Å². The van der Waals surface area contributed by atoms with Crippen molar-refractivity contribution in [1.29, 1.82) is 0 Å². The van der Waals surface area contributed by atoms with Crippen LogP contribution in [0.25, 0.3) is 0 Å². The van der Waals surface area contributed by atoms with Gasteiger partial charge in [0.25, 0.3) is 0 Å². The fraction of sp³-hybridized carbons (Fsp3) is 0.200. The third-order valence-corrected chi connectivity index (χ3v) is 4.30. The van der Waals surface area contributed by atoms with Gasteiger partial charge in [0.1, 0.15) is 11.6 Å². The molecule has 0 spiro atoms. The quantitative estimate of drug-likeness (QED) is 0.761. The molecule has 1 unspecified atom stereocenters. The molecule has 0 aliphatic rings. The summed E-state index contributed by atoms with van der Waals surface area (Å²) in [5.41, 5.74) is 2.01. The maximum atomic E-state index is 13.2. The van der Waals surface area contributed by atoms with Gasteiger partial charge in [-0.05, 0) is 65.0 Å². The molecule has 20 heavy (non-hydrogen) atoms. The molecule has 5 heteroatoms. The standard InChI is InChI=1S/C15H14ClFINO/c1-19-15(11-5-4-10(17)8-13(11)18)9-3-6-14(20-2)12(16)7-9/h3-8,15,19H,1-2H3. The summed E-state index contributed by atoms with van der Waals surface area (Å²) in [7, 11) is 3.45. The monoisotopic (exact) mass is 405 g/mol. The van der Waals surface area contributed by atoms with Crippen molar-refractivity contribution in [1.82, 2.24) is 5.32 Å². The van der Waals surface area contributed by atoms with E-state index in [0.29, 0.717) is 10.8 Å². The van der Waals surface area contributed by atoms with Crippen molar-refractivity contribution in [2.45, 2.75) is 6.04 Å². The number of benzene rings is 2. The molecule has 0 radical (unpaired) electrons. The normalized spacial score (nSPS) is 12.2. The number of methoxy groups -OCH3 is 1. The Morgan fingerprint density at radius 1 is 1.25 bits per heavy atom. The van der Waals surface area contributed by atoms with E-state index in [1.165, 1.54) is 12.1 Å². The predicted octanol–water partition coefficient (Wildman–Crippen LogP) is 4.40. The second-order valence-corrected chi connectivity index (χ2v) is 5.85. The van der Waals surface area contributed by atoms with Crippen molar-refractivity contribution in [3.63, 3.8) is 0 Å². The van der Waals surface area contributed by atoms with Crippen LogP contribution in [-0.4, -0.2) is 14.2 Å². The molecule has 0 aliphatic carbocycles. The Morgan fingerprint density at radius 2 is 2.00 bits per heavy atom. The number of nitrogens with one attached hydrogen (secondary N) is 1. The number of rotatable bonds is 4. The van der Waals surface area contributed by atoms with Gasteiger partial charge in [0.15, 0.2) is 0 Å². The van der Waals surface area contributed by atoms with Gasteiger partial charge in [0.2, 0.25) is 0 Å². The van der Waals surface area contributed by atoms with Crippen LogP contribution in [0.15, 0.2) is 36.4 Å². The van der Waals surface area contributed by atoms with Gasteiger partial charge in [-0.2, -0.15) is 0 Å². The van der Waals surface area contributed by atoms with Crippen LogP contribution in [0, 0.1) is 9.39 Å². The fourth-order valence-electron chi connectivity index (χ4n) is 2.10. The minimum Gasteiger partial charge on any atom is -0.495 e. The molecule has 1 atom stereocenters. The SMILES string of the molecule is CNC(c1ccc(OC)c(Cl)c1)c1ccc(F)cc1I. The number of ether oxygens (including phenoxy) is 1. The first kappa shape index (κ1) is 15.5. The summed E-state index contributed by atoms with van der Waals surface area (Å²) in [6.07, 6.45) is 0. The minimum absolute atomic E-state index is 0.0501. The van der Waals surface area contributed by atoms with Crippen LogP contribution >= 0.6 is 34.2 Å². The summed E-state index contributed by atoms with van der Waals surface area (Å²) in [6.45, 7) is 0. The van der Waals surface area contributed by atoms with Crippen LogP contribution in [0.2, 0.25) is 5.02 Å². The number of hydrogen-bond donors (Lipinski definition) is 1. The lowest BCUT2D eigenvalue weighted by molar-refractivity contribution is 0.414. The van der Waals surface area contributed by atoms with Gasteiger partial charge in [-0.25, -0.2) is 4.39 Å². The third-order valence-electron chi connectivity index (χ3n) is 3.07. The number of halogens is 3. The van der Waals surface area contributed by atoms with Crippen molar-refractivity contribution in [3.8, 4) is 5.75 Å². The molecule has 0 saturated carbocycles. The maximum Gasteiger partial charge on any atom is 0.137 e. The minimum atomic E-state index is -0.235. The van der Waals surface area contributed by atoms with Crippen LogP contribution < -0.4 is 10.1 Å².